The number of hydrogen-bond acceptors (Lipinski definition) is 5. The number of rotatable bonds is 4. The summed E-state index contributed by atoms with van der Waals surface area (Å²) >= 11 is 6.11. The van der Waals surface area contributed by atoms with Gasteiger partial charge in [-0.3, -0.25) is 0 Å². The SMILES string of the molecule is COc1ccc(/C=C2\N=C(c3ccccc3Cl)OC2=O)cc1OC. The Morgan fingerprint density at radius 1 is 1.08 bits per heavy atom. The van der Waals surface area contributed by atoms with Gasteiger partial charge in [-0.05, 0) is 35.9 Å². The molecule has 0 bridgehead atoms. The molecule has 0 unspecified atom stereocenters. The number of aliphatic imine (C=N–C) groups is 1. The Morgan fingerprint density at radius 3 is 2.54 bits per heavy atom. The van der Waals surface area contributed by atoms with Crippen LogP contribution < -0.4 is 9.47 Å². The fourth-order valence-electron chi connectivity index (χ4n) is 2.26. The normalized spacial score (nSPS) is 15.2. The van der Waals surface area contributed by atoms with Crippen LogP contribution in [-0.2, 0) is 9.53 Å². The first-order chi connectivity index (χ1) is 11.6. The van der Waals surface area contributed by atoms with Crippen LogP contribution in [0.15, 0.2) is 53.2 Å². The first-order valence-corrected chi connectivity index (χ1v) is 7.49. The quantitative estimate of drug-likeness (QED) is 0.627. The van der Waals surface area contributed by atoms with Crippen molar-refractivity contribution < 1.29 is 19.0 Å². The van der Waals surface area contributed by atoms with Gasteiger partial charge in [0, 0.05) is 0 Å². The van der Waals surface area contributed by atoms with Crippen LogP contribution in [0, 0.1) is 0 Å². The van der Waals surface area contributed by atoms with Crippen LogP contribution in [0.1, 0.15) is 11.1 Å². The van der Waals surface area contributed by atoms with Crippen molar-refractivity contribution in [3.05, 3.63) is 64.3 Å². The summed E-state index contributed by atoms with van der Waals surface area (Å²) in [6.07, 6.45) is 1.62. The minimum Gasteiger partial charge on any atom is -0.493 e. The molecule has 0 aliphatic carbocycles. The van der Waals surface area contributed by atoms with Crippen LogP contribution in [0.25, 0.3) is 6.08 Å². The first kappa shape index (κ1) is 16.1. The summed E-state index contributed by atoms with van der Waals surface area (Å²) in [4.78, 5) is 16.3. The van der Waals surface area contributed by atoms with Crippen molar-refractivity contribution in [3.63, 3.8) is 0 Å². The van der Waals surface area contributed by atoms with E-state index in [4.69, 9.17) is 25.8 Å². The summed E-state index contributed by atoms with van der Waals surface area (Å²) in [5.41, 5.74) is 1.50. The average Bonchev–Trinajstić information content (AvgIpc) is 2.95. The number of cyclic esters (lactones) is 1. The number of esters is 1. The highest BCUT2D eigenvalue weighted by Crippen LogP contribution is 2.29. The van der Waals surface area contributed by atoms with Crippen LogP contribution in [0.4, 0.5) is 0 Å². The summed E-state index contributed by atoms with van der Waals surface area (Å²) in [7, 11) is 3.11. The Morgan fingerprint density at radius 2 is 1.83 bits per heavy atom. The highest BCUT2D eigenvalue weighted by Gasteiger charge is 2.25. The molecule has 1 aliphatic heterocycles. The number of ether oxygens (including phenoxy) is 3. The third kappa shape index (κ3) is 3.12. The predicted octanol–water partition coefficient (Wildman–Crippen LogP) is 3.70. The lowest BCUT2D eigenvalue weighted by Gasteiger charge is -2.07. The van der Waals surface area contributed by atoms with Gasteiger partial charge < -0.3 is 14.2 Å². The van der Waals surface area contributed by atoms with E-state index in [1.807, 2.05) is 0 Å². The van der Waals surface area contributed by atoms with Gasteiger partial charge in [-0.1, -0.05) is 29.8 Å². The van der Waals surface area contributed by atoms with Gasteiger partial charge in [-0.2, -0.15) is 0 Å². The minimum atomic E-state index is -0.528. The van der Waals surface area contributed by atoms with Gasteiger partial charge in [0.2, 0.25) is 5.90 Å². The van der Waals surface area contributed by atoms with E-state index in [1.165, 1.54) is 0 Å². The van der Waals surface area contributed by atoms with E-state index in [0.29, 0.717) is 22.1 Å². The van der Waals surface area contributed by atoms with Gasteiger partial charge in [-0.25, -0.2) is 9.79 Å². The average molecular weight is 344 g/mol. The maximum atomic E-state index is 12.0. The smallest absolute Gasteiger partial charge is 0.363 e. The van der Waals surface area contributed by atoms with Gasteiger partial charge >= 0.3 is 5.97 Å². The molecule has 0 fully saturated rings. The van der Waals surface area contributed by atoms with E-state index in [0.717, 1.165) is 5.56 Å². The summed E-state index contributed by atoms with van der Waals surface area (Å²) in [6.45, 7) is 0. The third-order valence-corrected chi connectivity index (χ3v) is 3.77. The minimum absolute atomic E-state index is 0.192. The second-order valence-corrected chi connectivity index (χ2v) is 5.34. The highest BCUT2D eigenvalue weighted by molar-refractivity contribution is 6.34. The molecule has 6 heteroatoms. The Bertz CT molecular complexity index is 858. The summed E-state index contributed by atoms with van der Waals surface area (Å²) in [6, 6.07) is 12.4. The zero-order valence-electron chi connectivity index (χ0n) is 13.1. The lowest BCUT2D eigenvalue weighted by atomic mass is 10.1. The Hall–Kier alpha value is -2.79. The second-order valence-electron chi connectivity index (χ2n) is 4.93. The molecule has 24 heavy (non-hydrogen) atoms. The van der Waals surface area contributed by atoms with E-state index in [-0.39, 0.29) is 11.6 Å². The molecule has 122 valence electrons. The number of carbonyl (C=O) groups is 1. The van der Waals surface area contributed by atoms with Crippen LogP contribution in [0.2, 0.25) is 5.02 Å². The van der Waals surface area contributed by atoms with Gasteiger partial charge in [0.25, 0.3) is 0 Å². The fourth-order valence-corrected chi connectivity index (χ4v) is 2.48. The number of carbonyl (C=O) groups excluding carboxylic acids is 1. The van der Waals surface area contributed by atoms with Crippen molar-refractivity contribution in [2.45, 2.75) is 0 Å². The molecule has 1 heterocycles. The number of halogens is 1. The largest absolute Gasteiger partial charge is 0.493 e. The molecule has 0 saturated carbocycles. The van der Waals surface area contributed by atoms with Crippen molar-refractivity contribution >= 4 is 29.5 Å². The van der Waals surface area contributed by atoms with Crippen molar-refractivity contribution in [2.24, 2.45) is 4.99 Å². The zero-order chi connectivity index (χ0) is 17.1. The summed E-state index contributed by atoms with van der Waals surface area (Å²) < 4.78 is 15.7. The number of methoxy groups -OCH3 is 2. The number of hydrogen-bond donors (Lipinski definition) is 0. The van der Waals surface area contributed by atoms with Gasteiger partial charge in [0.05, 0.1) is 24.8 Å². The van der Waals surface area contributed by atoms with Gasteiger partial charge in [0.15, 0.2) is 17.2 Å². The fraction of sp³-hybridized carbons (Fsp3) is 0.111. The molecule has 2 aromatic carbocycles. The van der Waals surface area contributed by atoms with E-state index in [2.05, 4.69) is 4.99 Å². The van der Waals surface area contributed by atoms with Crippen molar-refractivity contribution in [3.8, 4) is 11.5 Å². The van der Waals surface area contributed by atoms with Crippen molar-refractivity contribution in [2.75, 3.05) is 14.2 Å². The second kappa shape index (κ2) is 6.76. The molecule has 0 saturated heterocycles. The molecule has 1 aliphatic rings. The van der Waals surface area contributed by atoms with Crippen LogP contribution in [0.5, 0.6) is 11.5 Å². The number of nitrogens with zero attached hydrogens (tertiary/aromatic N) is 1. The van der Waals surface area contributed by atoms with Crippen LogP contribution in [0.3, 0.4) is 0 Å². The molecular weight excluding hydrogens is 330 g/mol. The summed E-state index contributed by atoms with van der Waals surface area (Å²) in [5, 5.41) is 0.469. The third-order valence-electron chi connectivity index (χ3n) is 3.44. The van der Waals surface area contributed by atoms with Crippen molar-refractivity contribution in [1.29, 1.82) is 0 Å². The lowest BCUT2D eigenvalue weighted by molar-refractivity contribution is -0.129. The molecule has 0 aromatic heterocycles. The zero-order valence-corrected chi connectivity index (χ0v) is 13.8. The van der Waals surface area contributed by atoms with E-state index < -0.39 is 5.97 Å². The molecular formula is C18H14ClNO4. The molecule has 0 radical (unpaired) electrons. The standard InChI is InChI=1S/C18H14ClNO4/c1-22-15-8-7-11(10-16(15)23-2)9-14-18(21)24-17(20-14)12-5-3-4-6-13(12)19/h3-10H,1-2H3/b14-9-. The molecule has 3 rings (SSSR count). The molecule has 0 amide bonds. The Kier molecular flexibility index (Phi) is 4.53. The maximum Gasteiger partial charge on any atom is 0.363 e. The van der Waals surface area contributed by atoms with E-state index >= 15 is 0 Å². The highest BCUT2D eigenvalue weighted by atomic mass is 35.5. The molecule has 2 aromatic rings. The van der Waals surface area contributed by atoms with Gasteiger partial charge in [0.1, 0.15) is 0 Å². The van der Waals surface area contributed by atoms with Crippen molar-refractivity contribution in [1.82, 2.24) is 0 Å². The van der Waals surface area contributed by atoms with Crippen LogP contribution >= 0.6 is 11.6 Å². The van der Waals surface area contributed by atoms with Crippen LogP contribution in [-0.4, -0.2) is 26.1 Å². The summed E-state index contributed by atoms with van der Waals surface area (Å²) in [5.74, 6) is 0.833. The Labute approximate surface area is 144 Å². The van der Waals surface area contributed by atoms with E-state index in [1.54, 1.807) is 62.8 Å². The maximum absolute atomic E-state index is 12.0. The monoisotopic (exact) mass is 343 g/mol. The Balaban J connectivity index is 1.96. The molecule has 0 N–H and O–H groups in total. The topological polar surface area (TPSA) is 57.1 Å². The lowest BCUT2D eigenvalue weighted by Crippen LogP contribution is -2.05. The van der Waals surface area contributed by atoms with Gasteiger partial charge in [-0.15, -0.1) is 0 Å². The molecule has 0 atom stereocenters. The molecule has 5 nitrogen and oxygen atoms in total. The first-order valence-electron chi connectivity index (χ1n) is 7.12. The number of benzene rings is 2. The molecule has 0 spiro atoms. The van der Waals surface area contributed by atoms with E-state index in [9.17, 15) is 4.79 Å². The predicted molar refractivity (Wildman–Crippen MR) is 91.6 cm³/mol.